The summed E-state index contributed by atoms with van der Waals surface area (Å²) in [4.78, 5) is 2.46. The molecule has 2 aliphatic carbocycles. The zero-order valence-corrected chi connectivity index (χ0v) is 13.0. The van der Waals surface area contributed by atoms with E-state index in [-0.39, 0.29) is 6.10 Å². The van der Waals surface area contributed by atoms with Gasteiger partial charge in [0.25, 0.3) is 0 Å². The van der Waals surface area contributed by atoms with Gasteiger partial charge in [-0.05, 0) is 38.5 Å². The second kappa shape index (κ2) is 4.99. The molecule has 0 spiro atoms. The van der Waals surface area contributed by atoms with Gasteiger partial charge in [0.1, 0.15) is 5.82 Å². The maximum absolute atomic E-state index is 10.1. The first-order valence-electron chi connectivity index (χ1n) is 8.32. The Balaban J connectivity index is 1.56. The highest BCUT2D eigenvalue weighted by Gasteiger charge is 2.43. The summed E-state index contributed by atoms with van der Waals surface area (Å²) in [5, 5.41) is 18.4. The van der Waals surface area contributed by atoms with Crippen molar-refractivity contribution in [1.29, 1.82) is 0 Å². The number of nitrogens with one attached hydrogen (secondary N) is 1. The van der Waals surface area contributed by atoms with E-state index in [1.165, 1.54) is 30.6 Å². The minimum atomic E-state index is -0.0950. The van der Waals surface area contributed by atoms with Gasteiger partial charge in [0.05, 0.1) is 11.8 Å². The zero-order chi connectivity index (χ0) is 14.6. The summed E-state index contributed by atoms with van der Waals surface area (Å²) >= 11 is 0. The number of fused-ring (bicyclic) bond motifs is 1. The predicted octanol–water partition coefficient (Wildman–Crippen LogP) is 1.19. The van der Waals surface area contributed by atoms with Gasteiger partial charge in [-0.3, -0.25) is 4.68 Å². The maximum atomic E-state index is 10.1. The van der Waals surface area contributed by atoms with Gasteiger partial charge < -0.3 is 15.3 Å². The molecule has 3 aliphatic rings. The summed E-state index contributed by atoms with van der Waals surface area (Å²) in [5.74, 6) is 2.39. The van der Waals surface area contributed by atoms with Crippen LogP contribution < -0.4 is 10.2 Å². The third kappa shape index (κ3) is 2.36. The van der Waals surface area contributed by atoms with Crippen LogP contribution in [0.15, 0.2) is 0 Å². The van der Waals surface area contributed by atoms with Crippen molar-refractivity contribution in [2.24, 2.45) is 18.9 Å². The molecule has 0 radical (unpaired) electrons. The summed E-state index contributed by atoms with van der Waals surface area (Å²) in [6.45, 7) is 5.10. The molecule has 1 aromatic heterocycles. The Morgan fingerprint density at radius 2 is 2.05 bits per heavy atom. The smallest absolute Gasteiger partial charge is 0.131 e. The van der Waals surface area contributed by atoms with Crippen LogP contribution in [0.5, 0.6) is 0 Å². The number of aryl methyl sites for hydroxylation is 2. The molecule has 0 bridgehead atoms. The molecular weight excluding hydrogens is 264 g/mol. The Kier molecular flexibility index (Phi) is 3.23. The van der Waals surface area contributed by atoms with Gasteiger partial charge in [-0.1, -0.05) is 0 Å². The molecule has 2 heterocycles. The van der Waals surface area contributed by atoms with Gasteiger partial charge in [-0.15, -0.1) is 0 Å². The lowest BCUT2D eigenvalue weighted by Gasteiger charge is -2.22. The van der Waals surface area contributed by atoms with Crippen LogP contribution in [0.3, 0.4) is 0 Å². The van der Waals surface area contributed by atoms with Crippen molar-refractivity contribution in [3.05, 3.63) is 11.3 Å². The second-order valence-electron chi connectivity index (χ2n) is 7.14. The standard InChI is InChI=1S/C16H26N4O/c1-10-13(7-17-12-4-5-12)16(19(2)18-10)20-8-11-3-6-15(21)14(11)9-20/h11-12,14-15,17,21H,3-9H2,1-2H3. The van der Waals surface area contributed by atoms with E-state index in [9.17, 15) is 5.11 Å². The minimum absolute atomic E-state index is 0.0950. The van der Waals surface area contributed by atoms with E-state index in [0.717, 1.165) is 37.8 Å². The molecule has 2 saturated carbocycles. The molecule has 1 saturated heterocycles. The predicted molar refractivity (Wildman–Crippen MR) is 82.2 cm³/mol. The van der Waals surface area contributed by atoms with Crippen molar-refractivity contribution in [3.63, 3.8) is 0 Å². The van der Waals surface area contributed by atoms with Crippen LogP contribution in [-0.2, 0) is 13.6 Å². The lowest BCUT2D eigenvalue weighted by atomic mass is 10.00. The van der Waals surface area contributed by atoms with Crippen LogP contribution in [0, 0.1) is 18.8 Å². The summed E-state index contributed by atoms with van der Waals surface area (Å²) in [6, 6.07) is 0.720. The van der Waals surface area contributed by atoms with E-state index in [4.69, 9.17) is 0 Å². The van der Waals surface area contributed by atoms with Crippen molar-refractivity contribution >= 4 is 5.82 Å². The molecule has 1 aliphatic heterocycles. The average Bonchev–Trinajstić information content (AvgIpc) is 2.98. The quantitative estimate of drug-likeness (QED) is 0.874. The summed E-state index contributed by atoms with van der Waals surface area (Å²) in [7, 11) is 2.05. The highest BCUT2D eigenvalue weighted by molar-refractivity contribution is 5.51. The van der Waals surface area contributed by atoms with Crippen LogP contribution in [0.4, 0.5) is 5.82 Å². The van der Waals surface area contributed by atoms with E-state index < -0.39 is 0 Å². The molecule has 116 valence electrons. The molecule has 0 aromatic carbocycles. The van der Waals surface area contributed by atoms with Gasteiger partial charge in [0.2, 0.25) is 0 Å². The number of aliphatic hydroxyl groups excluding tert-OH is 1. The van der Waals surface area contributed by atoms with E-state index in [0.29, 0.717) is 11.8 Å². The van der Waals surface area contributed by atoms with E-state index in [1.54, 1.807) is 0 Å². The molecule has 1 aromatic rings. The molecule has 3 atom stereocenters. The van der Waals surface area contributed by atoms with Gasteiger partial charge in [-0.25, -0.2) is 0 Å². The van der Waals surface area contributed by atoms with E-state index in [1.807, 2.05) is 11.7 Å². The number of aliphatic hydroxyl groups is 1. The van der Waals surface area contributed by atoms with Gasteiger partial charge in [0.15, 0.2) is 0 Å². The Labute approximate surface area is 126 Å². The lowest BCUT2D eigenvalue weighted by Crippen LogP contribution is -2.28. The van der Waals surface area contributed by atoms with Crippen molar-refractivity contribution in [2.75, 3.05) is 18.0 Å². The van der Waals surface area contributed by atoms with Crippen LogP contribution in [0.25, 0.3) is 0 Å². The second-order valence-corrected chi connectivity index (χ2v) is 7.14. The fourth-order valence-electron chi connectivity index (χ4n) is 4.24. The van der Waals surface area contributed by atoms with Gasteiger partial charge in [-0.2, -0.15) is 5.10 Å². The fourth-order valence-corrected chi connectivity index (χ4v) is 4.24. The van der Waals surface area contributed by atoms with Crippen LogP contribution >= 0.6 is 0 Å². The van der Waals surface area contributed by atoms with E-state index >= 15 is 0 Å². The van der Waals surface area contributed by atoms with Crippen molar-refractivity contribution in [1.82, 2.24) is 15.1 Å². The third-order valence-corrected chi connectivity index (χ3v) is 5.58. The van der Waals surface area contributed by atoms with Crippen LogP contribution in [0.1, 0.15) is 36.9 Å². The first-order valence-corrected chi connectivity index (χ1v) is 8.32. The van der Waals surface area contributed by atoms with Crippen LogP contribution in [0.2, 0.25) is 0 Å². The Bertz CT molecular complexity index is 537. The first kappa shape index (κ1) is 13.6. The molecule has 5 heteroatoms. The first-order chi connectivity index (χ1) is 10.1. The number of anilines is 1. The number of hydrogen-bond donors (Lipinski definition) is 2. The maximum Gasteiger partial charge on any atom is 0.131 e. The molecule has 4 rings (SSSR count). The van der Waals surface area contributed by atoms with Crippen molar-refractivity contribution in [3.8, 4) is 0 Å². The SMILES string of the molecule is Cc1nn(C)c(N2CC3CCC(O)C3C2)c1CNC1CC1. The van der Waals surface area contributed by atoms with Crippen LogP contribution in [-0.4, -0.2) is 40.1 Å². The molecule has 3 fully saturated rings. The monoisotopic (exact) mass is 290 g/mol. The highest BCUT2D eigenvalue weighted by Crippen LogP contribution is 2.41. The number of rotatable bonds is 4. The molecular formula is C16H26N4O. The summed E-state index contributed by atoms with van der Waals surface area (Å²) in [5.41, 5.74) is 2.48. The van der Waals surface area contributed by atoms with Crippen molar-refractivity contribution < 1.29 is 5.11 Å². The average molecular weight is 290 g/mol. The molecule has 21 heavy (non-hydrogen) atoms. The lowest BCUT2D eigenvalue weighted by molar-refractivity contribution is 0.133. The van der Waals surface area contributed by atoms with Gasteiger partial charge >= 0.3 is 0 Å². The van der Waals surface area contributed by atoms with Crippen molar-refractivity contribution in [2.45, 2.75) is 51.3 Å². The number of nitrogens with zero attached hydrogens (tertiary/aromatic N) is 3. The van der Waals surface area contributed by atoms with E-state index in [2.05, 4.69) is 22.2 Å². The van der Waals surface area contributed by atoms with Gasteiger partial charge in [0, 0.05) is 44.2 Å². The zero-order valence-electron chi connectivity index (χ0n) is 13.0. The molecule has 2 N–H and O–H groups in total. The Morgan fingerprint density at radius 1 is 1.24 bits per heavy atom. The fraction of sp³-hybridized carbons (Fsp3) is 0.812. The highest BCUT2D eigenvalue weighted by atomic mass is 16.3. The molecule has 3 unspecified atom stereocenters. The molecule has 0 amide bonds. The Morgan fingerprint density at radius 3 is 2.76 bits per heavy atom. The Hall–Kier alpha value is -1.07. The topological polar surface area (TPSA) is 53.3 Å². The summed E-state index contributed by atoms with van der Waals surface area (Å²) < 4.78 is 2.03. The number of aromatic nitrogens is 2. The summed E-state index contributed by atoms with van der Waals surface area (Å²) in [6.07, 6.45) is 4.70. The third-order valence-electron chi connectivity index (χ3n) is 5.58. The normalized spacial score (nSPS) is 32.0. The minimum Gasteiger partial charge on any atom is -0.393 e. The molecule has 5 nitrogen and oxygen atoms in total. The number of hydrogen-bond acceptors (Lipinski definition) is 4. The largest absolute Gasteiger partial charge is 0.393 e.